The van der Waals surface area contributed by atoms with Crippen LogP contribution in [0.1, 0.15) is 59.3 Å². The van der Waals surface area contributed by atoms with E-state index in [0.717, 1.165) is 13.0 Å². The van der Waals surface area contributed by atoms with E-state index in [1.807, 2.05) is 0 Å². The Morgan fingerprint density at radius 3 is 2.47 bits per heavy atom. The highest BCUT2D eigenvalue weighted by Gasteiger charge is 2.36. The van der Waals surface area contributed by atoms with Gasteiger partial charge in [0.15, 0.2) is 0 Å². The highest BCUT2D eigenvalue weighted by molar-refractivity contribution is 4.94. The van der Waals surface area contributed by atoms with E-state index in [1.165, 1.54) is 45.2 Å². The Balaban J connectivity index is 1.78. The van der Waals surface area contributed by atoms with Crippen molar-refractivity contribution in [2.24, 2.45) is 5.41 Å². The molecule has 0 aromatic rings. The number of likely N-dealkylation sites (tertiary alicyclic amines) is 1. The first-order chi connectivity index (χ1) is 9.05. The fraction of sp³-hybridized carbons (Fsp3) is 1.00. The SMILES string of the molecule is CCC1(CC)CCN(CCC(C)(CO)NC2CC2)C1. The van der Waals surface area contributed by atoms with Crippen LogP contribution in [0, 0.1) is 5.41 Å². The van der Waals surface area contributed by atoms with Crippen LogP contribution in [-0.4, -0.2) is 47.8 Å². The molecule has 0 aromatic carbocycles. The topological polar surface area (TPSA) is 35.5 Å². The zero-order chi connectivity index (χ0) is 13.9. The van der Waals surface area contributed by atoms with Gasteiger partial charge in [-0.15, -0.1) is 0 Å². The minimum atomic E-state index is -0.0785. The van der Waals surface area contributed by atoms with Gasteiger partial charge in [-0.3, -0.25) is 0 Å². The van der Waals surface area contributed by atoms with Crippen molar-refractivity contribution in [3.8, 4) is 0 Å². The van der Waals surface area contributed by atoms with Crippen LogP contribution in [0.4, 0.5) is 0 Å². The Labute approximate surface area is 118 Å². The molecule has 112 valence electrons. The second kappa shape index (κ2) is 6.11. The van der Waals surface area contributed by atoms with Crippen LogP contribution in [0.2, 0.25) is 0 Å². The maximum Gasteiger partial charge on any atom is 0.0611 e. The molecule has 0 spiro atoms. The number of aliphatic hydroxyl groups is 1. The molecule has 1 aliphatic carbocycles. The highest BCUT2D eigenvalue weighted by Crippen LogP contribution is 2.37. The molecule has 2 aliphatic rings. The zero-order valence-electron chi connectivity index (χ0n) is 13.0. The lowest BCUT2D eigenvalue weighted by atomic mass is 9.82. The van der Waals surface area contributed by atoms with E-state index in [4.69, 9.17) is 0 Å². The van der Waals surface area contributed by atoms with Gasteiger partial charge >= 0.3 is 0 Å². The smallest absolute Gasteiger partial charge is 0.0611 e. The largest absolute Gasteiger partial charge is 0.394 e. The highest BCUT2D eigenvalue weighted by atomic mass is 16.3. The molecule has 1 aliphatic heterocycles. The van der Waals surface area contributed by atoms with Crippen molar-refractivity contribution in [2.45, 2.75) is 70.9 Å². The Kier molecular flexibility index (Phi) is 4.91. The summed E-state index contributed by atoms with van der Waals surface area (Å²) in [5.74, 6) is 0. The molecule has 0 bridgehead atoms. The molecule has 19 heavy (non-hydrogen) atoms. The van der Waals surface area contributed by atoms with Gasteiger partial charge in [0.1, 0.15) is 0 Å². The van der Waals surface area contributed by atoms with E-state index in [9.17, 15) is 5.11 Å². The van der Waals surface area contributed by atoms with Gasteiger partial charge in [0.25, 0.3) is 0 Å². The van der Waals surface area contributed by atoms with Crippen molar-refractivity contribution < 1.29 is 5.11 Å². The van der Waals surface area contributed by atoms with Gasteiger partial charge < -0.3 is 15.3 Å². The lowest BCUT2D eigenvalue weighted by molar-refractivity contribution is 0.144. The van der Waals surface area contributed by atoms with Gasteiger partial charge in [-0.2, -0.15) is 0 Å². The summed E-state index contributed by atoms with van der Waals surface area (Å²) in [5, 5.41) is 13.3. The minimum absolute atomic E-state index is 0.0785. The van der Waals surface area contributed by atoms with Crippen molar-refractivity contribution in [2.75, 3.05) is 26.2 Å². The molecule has 1 saturated heterocycles. The predicted octanol–water partition coefficient (Wildman–Crippen LogP) is 2.39. The fourth-order valence-electron chi connectivity index (χ4n) is 3.37. The Morgan fingerprint density at radius 2 is 2.00 bits per heavy atom. The molecule has 0 amide bonds. The maximum absolute atomic E-state index is 9.65. The lowest BCUT2D eigenvalue weighted by Crippen LogP contribution is -2.49. The van der Waals surface area contributed by atoms with Crippen LogP contribution in [0.3, 0.4) is 0 Å². The van der Waals surface area contributed by atoms with Crippen LogP contribution < -0.4 is 5.32 Å². The quantitative estimate of drug-likeness (QED) is 0.709. The van der Waals surface area contributed by atoms with Gasteiger partial charge in [0.05, 0.1) is 6.61 Å². The molecule has 1 atom stereocenters. The van der Waals surface area contributed by atoms with Gasteiger partial charge in [0, 0.05) is 18.1 Å². The maximum atomic E-state index is 9.65. The average molecular weight is 268 g/mol. The summed E-state index contributed by atoms with van der Waals surface area (Å²) in [7, 11) is 0. The van der Waals surface area contributed by atoms with Crippen molar-refractivity contribution >= 4 is 0 Å². The molecule has 2 fully saturated rings. The second-order valence-corrected chi connectivity index (χ2v) is 7.12. The van der Waals surface area contributed by atoms with Crippen LogP contribution in [0.5, 0.6) is 0 Å². The van der Waals surface area contributed by atoms with E-state index < -0.39 is 0 Å². The third kappa shape index (κ3) is 3.93. The Morgan fingerprint density at radius 1 is 1.32 bits per heavy atom. The Hall–Kier alpha value is -0.120. The molecular weight excluding hydrogens is 236 g/mol. The molecule has 1 saturated carbocycles. The van der Waals surface area contributed by atoms with Crippen LogP contribution in [0.15, 0.2) is 0 Å². The average Bonchev–Trinajstić information content (AvgIpc) is 3.13. The third-order valence-corrected chi connectivity index (χ3v) is 5.48. The van der Waals surface area contributed by atoms with Crippen LogP contribution >= 0.6 is 0 Å². The molecule has 3 heteroatoms. The lowest BCUT2D eigenvalue weighted by Gasteiger charge is -2.32. The number of nitrogens with zero attached hydrogens (tertiary/aromatic N) is 1. The van der Waals surface area contributed by atoms with Gasteiger partial charge in [0.2, 0.25) is 0 Å². The van der Waals surface area contributed by atoms with Crippen molar-refractivity contribution in [3.05, 3.63) is 0 Å². The molecule has 2 rings (SSSR count). The summed E-state index contributed by atoms with van der Waals surface area (Å²) in [6.45, 7) is 10.7. The van der Waals surface area contributed by atoms with Gasteiger partial charge in [-0.25, -0.2) is 0 Å². The second-order valence-electron chi connectivity index (χ2n) is 7.12. The molecule has 0 radical (unpaired) electrons. The number of rotatable bonds is 8. The fourth-order valence-corrected chi connectivity index (χ4v) is 3.37. The van der Waals surface area contributed by atoms with Gasteiger partial charge in [-0.05, 0) is 64.0 Å². The molecular formula is C16H32N2O. The molecule has 0 aromatic heterocycles. The number of aliphatic hydroxyl groups excluding tert-OH is 1. The standard InChI is InChI=1S/C16H32N2O/c1-4-16(5-2)9-11-18(12-16)10-8-15(3,13-19)17-14-6-7-14/h14,17,19H,4-13H2,1-3H3. The van der Waals surface area contributed by atoms with E-state index in [0.29, 0.717) is 11.5 Å². The Bertz CT molecular complexity index is 286. The van der Waals surface area contributed by atoms with Crippen molar-refractivity contribution in [1.82, 2.24) is 10.2 Å². The first-order valence-corrected chi connectivity index (χ1v) is 8.16. The monoisotopic (exact) mass is 268 g/mol. The molecule has 3 nitrogen and oxygen atoms in total. The van der Waals surface area contributed by atoms with E-state index in [-0.39, 0.29) is 12.1 Å². The summed E-state index contributed by atoms with van der Waals surface area (Å²) in [6.07, 6.45) is 7.59. The number of hydrogen-bond acceptors (Lipinski definition) is 3. The molecule has 2 N–H and O–H groups in total. The van der Waals surface area contributed by atoms with Crippen molar-refractivity contribution in [3.63, 3.8) is 0 Å². The molecule has 1 heterocycles. The summed E-state index contributed by atoms with van der Waals surface area (Å²) >= 11 is 0. The van der Waals surface area contributed by atoms with E-state index in [2.05, 4.69) is 31.0 Å². The van der Waals surface area contributed by atoms with Crippen molar-refractivity contribution in [1.29, 1.82) is 0 Å². The molecule has 1 unspecified atom stereocenters. The zero-order valence-corrected chi connectivity index (χ0v) is 13.0. The first kappa shape index (κ1) is 15.3. The summed E-state index contributed by atoms with van der Waals surface area (Å²) in [4.78, 5) is 2.61. The van der Waals surface area contributed by atoms with E-state index in [1.54, 1.807) is 0 Å². The summed E-state index contributed by atoms with van der Waals surface area (Å²) in [6, 6.07) is 0.668. The summed E-state index contributed by atoms with van der Waals surface area (Å²) < 4.78 is 0. The number of hydrogen-bond donors (Lipinski definition) is 2. The number of nitrogens with one attached hydrogen (secondary N) is 1. The normalized spacial score (nSPS) is 26.5. The predicted molar refractivity (Wildman–Crippen MR) is 80.3 cm³/mol. The minimum Gasteiger partial charge on any atom is -0.394 e. The summed E-state index contributed by atoms with van der Waals surface area (Å²) in [5.41, 5.74) is 0.490. The van der Waals surface area contributed by atoms with Crippen LogP contribution in [-0.2, 0) is 0 Å². The third-order valence-electron chi connectivity index (χ3n) is 5.48. The van der Waals surface area contributed by atoms with E-state index >= 15 is 0 Å². The van der Waals surface area contributed by atoms with Crippen LogP contribution in [0.25, 0.3) is 0 Å². The van der Waals surface area contributed by atoms with Gasteiger partial charge in [-0.1, -0.05) is 13.8 Å². The first-order valence-electron chi connectivity index (χ1n) is 8.16.